The van der Waals surface area contributed by atoms with Crippen LogP contribution in [0.4, 0.5) is 0 Å². The molecule has 160 valence electrons. The van der Waals surface area contributed by atoms with E-state index in [0.717, 1.165) is 11.1 Å². The summed E-state index contributed by atoms with van der Waals surface area (Å²) in [6, 6.07) is 15.3. The van der Waals surface area contributed by atoms with Crippen LogP contribution in [0.1, 0.15) is 31.4 Å². The zero-order chi connectivity index (χ0) is 21.7. The third-order valence-corrected chi connectivity index (χ3v) is 6.96. The molecule has 0 saturated carbocycles. The molecule has 1 unspecified atom stereocenters. The Bertz CT molecular complexity index is 1000. The van der Waals surface area contributed by atoms with Crippen molar-refractivity contribution in [1.29, 1.82) is 0 Å². The van der Waals surface area contributed by atoms with Crippen LogP contribution in [0.3, 0.4) is 0 Å². The van der Waals surface area contributed by atoms with Gasteiger partial charge in [0.05, 0.1) is 10.6 Å². The molecular weight excluding hydrogens is 400 g/mol. The number of carbonyl (C=O) groups is 2. The lowest BCUT2D eigenvalue weighted by atomic mass is 9.92. The zero-order valence-corrected chi connectivity index (χ0v) is 18.2. The summed E-state index contributed by atoms with van der Waals surface area (Å²) in [6.07, 6.45) is 0.797. The van der Waals surface area contributed by atoms with Crippen LogP contribution in [0.25, 0.3) is 0 Å². The summed E-state index contributed by atoms with van der Waals surface area (Å²) in [5.41, 5.74) is 2.09. The molecule has 0 bridgehead atoms. The minimum absolute atomic E-state index is 0.000415. The first-order chi connectivity index (χ1) is 14.3. The molecule has 6 nitrogen and oxygen atoms in total. The number of fused-ring (bicyclic) bond motifs is 1. The minimum atomic E-state index is -3.48. The Morgan fingerprint density at radius 1 is 1.03 bits per heavy atom. The van der Waals surface area contributed by atoms with Gasteiger partial charge < -0.3 is 10.2 Å². The molecule has 1 heterocycles. The van der Waals surface area contributed by atoms with Crippen LogP contribution in [-0.4, -0.2) is 43.5 Å². The van der Waals surface area contributed by atoms with E-state index in [1.165, 1.54) is 0 Å². The van der Waals surface area contributed by atoms with Gasteiger partial charge in [0.1, 0.15) is 6.04 Å². The van der Waals surface area contributed by atoms with E-state index in [2.05, 4.69) is 5.32 Å². The highest BCUT2D eigenvalue weighted by Crippen LogP contribution is 2.25. The van der Waals surface area contributed by atoms with E-state index in [9.17, 15) is 18.0 Å². The Hall–Kier alpha value is -2.67. The summed E-state index contributed by atoms with van der Waals surface area (Å²) in [7, 11) is -3.48. The van der Waals surface area contributed by atoms with Gasteiger partial charge >= 0.3 is 0 Å². The second kappa shape index (κ2) is 9.43. The van der Waals surface area contributed by atoms with Gasteiger partial charge in [-0.2, -0.15) is 0 Å². The molecule has 1 N–H and O–H groups in total. The van der Waals surface area contributed by atoms with Crippen molar-refractivity contribution >= 4 is 21.7 Å². The van der Waals surface area contributed by atoms with Crippen molar-refractivity contribution < 1.29 is 18.0 Å². The maximum Gasteiger partial charge on any atom is 0.243 e. The zero-order valence-electron chi connectivity index (χ0n) is 17.4. The predicted molar refractivity (Wildman–Crippen MR) is 115 cm³/mol. The molecule has 7 heteroatoms. The molecular formula is C23H28N2O4S. The van der Waals surface area contributed by atoms with Crippen LogP contribution in [0.5, 0.6) is 0 Å². The molecule has 1 aliphatic heterocycles. The fourth-order valence-electron chi connectivity index (χ4n) is 3.66. The Balaban J connectivity index is 1.69. The van der Waals surface area contributed by atoms with Crippen molar-refractivity contribution in [3.05, 3.63) is 65.7 Å². The molecule has 0 radical (unpaired) electrons. The lowest BCUT2D eigenvalue weighted by Gasteiger charge is -2.36. The third-order valence-electron chi connectivity index (χ3n) is 5.23. The Labute approximate surface area is 178 Å². The highest BCUT2D eigenvalue weighted by atomic mass is 32.2. The highest BCUT2D eigenvalue weighted by molar-refractivity contribution is 7.91. The summed E-state index contributed by atoms with van der Waals surface area (Å²) in [5.74, 6) is -0.373. The lowest BCUT2D eigenvalue weighted by Crippen LogP contribution is -2.53. The van der Waals surface area contributed by atoms with Crippen molar-refractivity contribution in [2.45, 2.75) is 44.2 Å². The number of hydrogen-bond acceptors (Lipinski definition) is 4. The Morgan fingerprint density at radius 2 is 1.67 bits per heavy atom. The van der Waals surface area contributed by atoms with Gasteiger partial charge in [0, 0.05) is 25.9 Å². The number of sulfone groups is 1. The number of rotatable bonds is 7. The lowest BCUT2D eigenvalue weighted by molar-refractivity contribution is -0.142. The third kappa shape index (κ3) is 5.27. The van der Waals surface area contributed by atoms with Gasteiger partial charge in [-0.25, -0.2) is 8.42 Å². The molecule has 0 aromatic heterocycles. The standard InChI is InChI=1S/C23H28N2O4S/c1-17(2)14-22(26)25-16-19-9-7-6-8-18(19)15-21(25)23(27)24-12-13-30(28,29)20-10-4-3-5-11-20/h3-11,17,21H,12-16H2,1-2H3,(H,24,27). The molecule has 30 heavy (non-hydrogen) atoms. The number of nitrogens with zero attached hydrogens (tertiary/aromatic N) is 1. The smallest absolute Gasteiger partial charge is 0.243 e. The van der Waals surface area contributed by atoms with Gasteiger partial charge in [0.2, 0.25) is 11.8 Å². The Morgan fingerprint density at radius 3 is 2.33 bits per heavy atom. The molecule has 0 fully saturated rings. The highest BCUT2D eigenvalue weighted by Gasteiger charge is 2.34. The number of amides is 2. The number of nitrogens with one attached hydrogen (secondary N) is 1. The van der Waals surface area contributed by atoms with E-state index >= 15 is 0 Å². The quantitative estimate of drug-likeness (QED) is 0.735. The maximum absolute atomic E-state index is 12.9. The molecule has 0 aliphatic carbocycles. The number of hydrogen-bond donors (Lipinski definition) is 1. The molecule has 2 aromatic carbocycles. The average Bonchev–Trinajstić information content (AvgIpc) is 2.72. The second-order valence-corrected chi connectivity index (χ2v) is 10.1. The van der Waals surface area contributed by atoms with Crippen LogP contribution in [0.15, 0.2) is 59.5 Å². The molecule has 2 amide bonds. The molecule has 1 aliphatic rings. The normalized spacial score (nSPS) is 16.2. The van der Waals surface area contributed by atoms with E-state index < -0.39 is 15.9 Å². The summed E-state index contributed by atoms with van der Waals surface area (Å²) in [5, 5.41) is 2.74. The van der Waals surface area contributed by atoms with E-state index in [-0.39, 0.29) is 34.9 Å². The van der Waals surface area contributed by atoms with E-state index in [4.69, 9.17) is 0 Å². The van der Waals surface area contributed by atoms with Gasteiger partial charge in [-0.1, -0.05) is 56.3 Å². The second-order valence-electron chi connectivity index (χ2n) is 8.03. The van der Waals surface area contributed by atoms with Crippen molar-refractivity contribution in [2.75, 3.05) is 12.3 Å². The minimum Gasteiger partial charge on any atom is -0.353 e. The summed E-state index contributed by atoms with van der Waals surface area (Å²) < 4.78 is 24.9. The molecule has 0 spiro atoms. The number of carbonyl (C=O) groups excluding carboxylic acids is 2. The first-order valence-electron chi connectivity index (χ1n) is 10.2. The van der Waals surface area contributed by atoms with Gasteiger partial charge in [0.25, 0.3) is 0 Å². The van der Waals surface area contributed by atoms with E-state index in [0.29, 0.717) is 19.4 Å². The topological polar surface area (TPSA) is 83.6 Å². The largest absolute Gasteiger partial charge is 0.353 e. The first kappa shape index (κ1) is 22.0. The predicted octanol–water partition coefficient (Wildman–Crippen LogP) is 2.58. The SMILES string of the molecule is CC(C)CC(=O)N1Cc2ccccc2CC1C(=O)NCCS(=O)(=O)c1ccccc1. The monoisotopic (exact) mass is 428 g/mol. The van der Waals surface area contributed by atoms with Crippen molar-refractivity contribution in [1.82, 2.24) is 10.2 Å². The van der Waals surface area contributed by atoms with Crippen LogP contribution in [-0.2, 0) is 32.4 Å². The number of benzene rings is 2. The van der Waals surface area contributed by atoms with Crippen molar-refractivity contribution in [3.63, 3.8) is 0 Å². The van der Waals surface area contributed by atoms with Crippen LogP contribution >= 0.6 is 0 Å². The molecule has 2 aromatic rings. The van der Waals surface area contributed by atoms with Crippen LogP contribution < -0.4 is 5.32 Å². The molecule has 0 saturated heterocycles. The fraction of sp³-hybridized carbons (Fsp3) is 0.391. The molecule has 1 atom stereocenters. The van der Waals surface area contributed by atoms with Crippen molar-refractivity contribution in [3.8, 4) is 0 Å². The van der Waals surface area contributed by atoms with Gasteiger partial charge in [-0.3, -0.25) is 9.59 Å². The van der Waals surface area contributed by atoms with Crippen LogP contribution in [0.2, 0.25) is 0 Å². The Kier molecular flexibility index (Phi) is 6.92. The molecule has 3 rings (SSSR count). The van der Waals surface area contributed by atoms with Gasteiger partial charge in [0.15, 0.2) is 9.84 Å². The fourth-order valence-corrected chi connectivity index (χ4v) is 4.84. The summed E-state index contributed by atoms with van der Waals surface area (Å²) in [4.78, 5) is 27.6. The van der Waals surface area contributed by atoms with E-state index in [1.807, 2.05) is 38.1 Å². The van der Waals surface area contributed by atoms with Crippen LogP contribution in [0, 0.1) is 5.92 Å². The first-order valence-corrected chi connectivity index (χ1v) is 11.8. The van der Waals surface area contributed by atoms with Gasteiger partial charge in [-0.15, -0.1) is 0 Å². The van der Waals surface area contributed by atoms with E-state index in [1.54, 1.807) is 35.2 Å². The van der Waals surface area contributed by atoms with Crippen molar-refractivity contribution in [2.24, 2.45) is 5.92 Å². The summed E-state index contributed by atoms with van der Waals surface area (Å²) in [6.45, 7) is 4.33. The summed E-state index contributed by atoms with van der Waals surface area (Å²) >= 11 is 0. The maximum atomic E-state index is 12.9. The average molecular weight is 429 g/mol. The van der Waals surface area contributed by atoms with Gasteiger partial charge in [-0.05, 0) is 29.2 Å².